The Balaban J connectivity index is 1.07. The maximum absolute atomic E-state index is 13.1. The lowest BCUT2D eigenvalue weighted by Crippen LogP contribution is -2.40. The number of carbonyl (C=O) groups is 2. The molecule has 1 amide bonds. The number of ether oxygens (including phenoxy) is 1. The molecule has 1 aromatic rings. The highest BCUT2D eigenvalue weighted by Gasteiger charge is 2.28. The Morgan fingerprint density at radius 3 is 2.14 bits per heavy atom. The molecule has 0 unspecified atom stereocenters. The van der Waals surface area contributed by atoms with Crippen molar-refractivity contribution in [3.05, 3.63) is 35.6 Å². The summed E-state index contributed by atoms with van der Waals surface area (Å²) in [6.45, 7) is 3.90. The number of halogens is 1. The summed E-state index contributed by atoms with van der Waals surface area (Å²) in [7, 11) is 1.78. The summed E-state index contributed by atoms with van der Waals surface area (Å²) in [6, 6.07) is 6.32. The normalized spacial score (nSPS) is 28.1. The van der Waals surface area contributed by atoms with E-state index in [1.165, 1.54) is 44.2 Å². The molecule has 0 atom stereocenters. The van der Waals surface area contributed by atoms with Crippen LogP contribution >= 0.6 is 0 Å². The van der Waals surface area contributed by atoms with Crippen molar-refractivity contribution in [2.75, 3.05) is 33.4 Å². The van der Waals surface area contributed by atoms with Gasteiger partial charge in [0, 0.05) is 37.7 Å². The van der Waals surface area contributed by atoms with Gasteiger partial charge in [0.1, 0.15) is 5.82 Å². The molecule has 2 aliphatic carbocycles. The van der Waals surface area contributed by atoms with Crippen LogP contribution in [-0.4, -0.2) is 56.0 Å². The first kappa shape index (κ1) is 27.3. The van der Waals surface area contributed by atoms with Crippen LogP contribution in [0.1, 0.15) is 87.4 Å². The van der Waals surface area contributed by atoms with Crippen molar-refractivity contribution in [3.63, 3.8) is 0 Å². The molecule has 200 valence electrons. The average Bonchev–Trinajstić information content (AvgIpc) is 2.90. The third kappa shape index (κ3) is 8.11. The monoisotopic (exact) mass is 500 g/mol. The quantitative estimate of drug-likeness (QED) is 0.423. The molecule has 1 N–H and O–H groups in total. The lowest BCUT2D eigenvalue weighted by atomic mass is 9.80. The Hall–Kier alpha value is -1.79. The van der Waals surface area contributed by atoms with Crippen molar-refractivity contribution >= 4 is 11.7 Å². The van der Waals surface area contributed by atoms with Gasteiger partial charge in [-0.15, -0.1) is 0 Å². The highest BCUT2D eigenvalue weighted by molar-refractivity contribution is 5.97. The van der Waals surface area contributed by atoms with Gasteiger partial charge in [-0.05, 0) is 132 Å². The molecule has 1 heterocycles. The van der Waals surface area contributed by atoms with Crippen LogP contribution in [-0.2, 0) is 9.53 Å². The van der Waals surface area contributed by atoms with Crippen LogP contribution < -0.4 is 5.32 Å². The smallest absolute Gasteiger partial charge is 0.220 e. The van der Waals surface area contributed by atoms with Gasteiger partial charge in [0.15, 0.2) is 5.78 Å². The number of likely N-dealkylation sites (tertiary alicyclic amines) is 1. The van der Waals surface area contributed by atoms with E-state index in [1.807, 2.05) is 0 Å². The molecule has 0 bridgehead atoms. The summed E-state index contributed by atoms with van der Waals surface area (Å²) < 4.78 is 18.4. The zero-order valence-electron chi connectivity index (χ0n) is 22.1. The van der Waals surface area contributed by atoms with Gasteiger partial charge in [-0.1, -0.05) is 0 Å². The van der Waals surface area contributed by atoms with Gasteiger partial charge >= 0.3 is 0 Å². The van der Waals surface area contributed by atoms with E-state index in [1.54, 1.807) is 19.2 Å². The Bertz CT molecular complexity index is 821. The molecule has 36 heavy (non-hydrogen) atoms. The Kier molecular flexibility index (Phi) is 10.3. The highest BCUT2D eigenvalue weighted by atomic mass is 19.1. The SMILES string of the molecule is COCC1CCC(CC(=O)NC2CCC(CCN3CCC(C(=O)c4ccc(F)cc4)CC3)CC2)CC1. The van der Waals surface area contributed by atoms with E-state index < -0.39 is 0 Å². The predicted octanol–water partition coefficient (Wildman–Crippen LogP) is 5.63. The summed E-state index contributed by atoms with van der Waals surface area (Å²) in [5.41, 5.74) is 0.633. The third-order valence-corrected chi connectivity index (χ3v) is 9.00. The number of nitrogens with one attached hydrogen (secondary N) is 1. The molecule has 1 saturated heterocycles. The van der Waals surface area contributed by atoms with Gasteiger partial charge in [0.2, 0.25) is 5.91 Å². The van der Waals surface area contributed by atoms with Crippen LogP contribution in [0.2, 0.25) is 0 Å². The minimum Gasteiger partial charge on any atom is -0.384 e. The van der Waals surface area contributed by atoms with Crippen molar-refractivity contribution in [1.29, 1.82) is 0 Å². The van der Waals surface area contributed by atoms with Crippen molar-refractivity contribution in [2.24, 2.45) is 23.7 Å². The first-order valence-corrected chi connectivity index (χ1v) is 14.3. The van der Waals surface area contributed by atoms with Crippen LogP contribution in [0.3, 0.4) is 0 Å². The number of carbonyl (C=O) groups excluding carboxylic acids is 2. The number of methoxy groups -OCH3 is 1. The van der Waals surface area contributed by atoms with Gasteiger partial charge in [-0.2, -0.15) is 0 Å². The van der Waals surface area contributed by atoms with E-state index in [-0.39, 0.29) is 23.4 Å². The van der Waals surface area contributed by atoms with Crippen LogP contribution in [0.15, 0.2) is 24.3 Å². The van der Waals surface area contributed by atoms with E-state index in [0.717, 1.165) is 70.7 Å². The molecule has 2 saturated carbocycles. The second-order valence-electron chi connectivity index (χ2n) is 11.6. The van der Waals surface area contributed by atoms with Gasteiger partial charge in [0.25, 0.3) is 0 Å². The molecule has 3 fully saturated rings. The number of hydrogen-bond acceptors (Lipinski definition) is 4. The molecule has 0 spiro atoms. The third-order valence-electron chi connectivity index (χ3n) is 9.00. The molecule has 1 aliphatic heterocycles. The largest absolute Gasteiger partial charge is 0.384 e. The van der Waals surface area contributed by atoms with Gasteiger partial charge < -0.3 is 15.0 Å². The fraction of sp³-hybridized carbons (Fsp3) is 0.733. The second-order valence-corrected chi connectivity index (χ2v) is 11.6. The van der Waals surface area contributed by atoms with Gasteiger partial charge in [-0.3, -0.25) is 9.59 Å². The number of ketones is 1. The lowest BCUT2D eigenvalue weighted by molar-refractivity contribution is -0.123. The van der Waals surface area contributed by atoms with Crippen LogP contribution in [0.25, 0.3) is 0 Å². The molecule has 5 nitrogen and oxygen atoms in total. The van der Waals surface area contributed by atoms with E-state index in [0.29, 0.717) is 29.9 Å². The summed E-state index contributed by atoms with van der Waals surface area (Å²) >= 11 is 0. The Morgan fingerprint density at radius 1 is 0.889 bits per heavy atom. The zero-order chi connectivity index (χ0) is 25.3. The Labute approximate surface area is 216 Å². The minimum atomic E-state index is -0.297. The Morgan fingerprint density at radius 2 is 1.50 bits per heavy atom. The summed E-state index contributed by atoms with van der Waals surface area (Å²) in [5.74, 6) is 2.15. The molecule has 4 rings (SSSR count). The molecule has 1 aromatic carbocycles. The van der Waals surface area contributed by atoms with Gasteiger partial charge in [0.05, 0.1) is 0 Å². The molecule has 6 heteroatoms. The molecule has 0 aromatic heterocycles. The number of benzene rings is 1. The molecular weight excluding hydrogens is 455 g/mol. The van der Waals surface area contributed by atoms with Crippen LogP contribution in [0.5, 0.6) is 0 Å². The summed E-state index contributed by atoms with van der Waals surface area (Å²) in [4.78, 5) is 27.8. The van der Waals surface area contributed by atoms with Crippen molar-refractivity contribution < 1.29 is 18.7 Å². The first-order chi connectivity index (χ1) is 17.5. The fourth-order valence-electron chi connectivity index (χ4n) is 6.62. The maximum atomic E-state index is 13.1. The number of hydrogen-bond donors (Lipinski definition) is 1. The second kappa shape index (κ2) is 13.7. The summed E-state index contributed by atoms with van der Waals surface area (Å²) in [5, 5.41) is 3.33. The van der Waals surface area contributed by atoms with E-state index in [4.69, 9.17) is 4.74 Å². The van der Waals surface area contributed by atoms with Crippen molar-refractivity contribution in [3.8, 4) is 0 Å². The van der Waals surface area contributed by atoms with Crippen LogP contribution in [0.4, 0.5) is 4.39 Å². The number of rotatable bonds is 10. The maximum Gasteiger partial charge on any atom is 0.220 e. The van der Waals surface area contributed by atoms with Crippen molar-refractivity contribution in [2.45, 2.75) is 83.1 Å². The topological polar surface area (TPSA) is 58.6 Å². The number of nitrogens with zero attached hydrogens (tertiary/aromatic N) is 1. The standard InChI is InChI=1S/C30H45FN2O3/c1-36-21-24-4-2-23(3-5-24)20-29(34)32-28-12-6-22(7-13-28)14-17-33-18-15-26(16-19-33)30(35)25-8-10-27(31)11-9-25/h8-11,22-24,26,28H,2-7,12-21H2,1H3,(H,32,34). The first-order valence-electron chi connectivity index (χ1n) is 14.3. The number of piperidine rings is 1. The fourth-order valence-corrected chi connectivity index (χ4v) is 6.62. The highest BCUT2D eigenvalue weighted by Crippen LogP contribution is 2.32. The minimum absolute atomic E-state index is 0.0613. The van der Waals surface area contributed by atoms with Gasteiger partial charge in [-0.25, -0.2) is 4.39 Å². The summed E-state index contributed by atoms with van der Waals surface area (Å²) in [6.07, 6.45) is 13.0. The van der Waals surface area contributed by atoms with E-state index >= 15 is 0 Å². The number of Topliss-reactive ketones (excluding diaryl/α,β-unsaturated/α-hetero) is 1. The van der Waals surface area contributed by atoms with Crippen molar-refractivity contribution in [1.82, 2.24) is 10.2 Å². The molecule has 0 radical (unpaired) electrons. The predicted molar refractivity (Wildman–Crippen MR) is 140 cm³/mol. The number of amides is 1. The van der Waals surface area contributed by atoms with E-state index in [2.05, 4.69) is 10.2 Å². The van der Waals surface area contributed by atoms with E-state index in [9.17, 15) is 14.0 Å². The molecular formula is C30H45FN2O3. The average molecular weight is 501 g/mol. The lowest BCUT2D eigenvalue weighted by Gasteiger charge is -2.34. The zero-order valence-corrected chi connectivity index (χ0v) is 22.1. The molecule has 3 aliphatic rings. The van der Waals surface area contributed by atoms with Crippen LogP contribution in [0, 0.1) is 29.5 Å².